The van der Waals surface area contributed by atoms with Crippen LogP contribution in [0.1, 0.15) is 43.0 Å². The Morgan fingerprint density at radius 3 is 2.94 bits per heavy atom. The fraction of sp³-hybridized carbons (Fsp3) is 0.667. The number of hydrogen-bond donors (Lipinski definition) is 2. The second kappa shape index (κ2) is 4.78. The molecule has 0 radical (unpaired) electrons. The minimum absolute atomic E-state index is 0.0627. The summed E-state index contributed by atoms with van der Waals surface area (Å²) in [5.41, 5.74) is 0.576. The summed E-state index contributed by atoms with van der Waals surface area (Å²) in [6, 6.07) is 0. The Balaban J connectivity index is 2.27. The zero-order valence-electron chi connectivity index (χ0n) is 9.57. The maximum absolute atomic E-state index is 11.5. The van der Waals surface area contributed by atoms with E-state index in [0.717, 1.165) is 31.5 Å². The molecule has 1 aromatic heterocycles. The van der Waals surface area contributed by atoms with Crippen molar-refractivity contribution in [2.45, 2.75) is 38.5 Å². The molecule has 16 heavy (non-hydrogen) atoms. The van der Waals surface area contributed by atoms with Crippen LogP contribution < -0.4 is 5.56 Å². The van der Waals surface area contributed by atoms with Gasteiger partial charge in [0.2, 0.25) is 0 Å². The number of H-pyrrole nitrogens is 1. The highest BCUT2D eigenvalue weighted by Gasteiger charge is 2.27. The summed E-state index contributed by atoms with van der Waals surface area (Å²) in [5, 5.41) is 9.33. The summed E-state index contributed by atoms with van der Waals surface area (Å²) >= 11 is 0. The fourth-order valence-corrected chi connectivity index (χ4v) is 2.45. The molecule has 0 bridgehead atoms. The summed E-state index contributed by atoms with van der Waals surface area (Å²) < 4.78 is 0. The van der Waals surface area contributed by atoms with E-state index >= 15 is 0 Å². The molecule has 4 heteroatoms. The quantitative estimate of drug-likeness (QED) is 0.793. The average Bonchev–Trinajstić information content (AvgIpc) is 2.32. The van der Waals surface area contributed by atoms with Gasteiger partial charge in [-0.1, -0.05) is 12.8 Å². The number of hydrogen-bond acceptors (Lipinski definition) is 3. The molecule has 4 nitrogen and oxygen atoms in total. The molecule has 2 atom stereocenters. The minimum Gasteiger partial charge on any atom is -0.396 e. The highest BCUT2D eigenvalue weighted by Crippen LogP contribution is 2.35. The molecule has 0 aliphatic heterocycles. The third-order valence-corrected chi connectivity index (χ3v) is 3.49. The molecule has 0 amide bonds. The van der Waals surface area contributed by atoms with Crippen LogP contribution in [-0.4, -0.2) is 21.7 Å². The van der Waals surface area contributed by atoms with Gasteiger partial charge in [-0.05, 0) is 25.7 Å². The lowest BCUT2D eigenvalue weighted by Gasteiger charge is -2.29. The fourth-order valence-electron chi connectivity index (χ4n) is 2.45. The van der Waals surface area contributed by atoms with Gasteiger partial charge in [-0.3, -0.25) is 4.79 Å². The number of rotatable bonds is 2. The van der Waals surface area contributed by atoms with Crippen molar-refractivity contribution in [2.75, 3.05) is 6.61 Å². The molecule has 1 heterocycles. The maximum Gasteiger partial charge on any atom is 0.253 e. The molecule has 1 saturated carbocycles. The Labute approximate surface area is 94.7 Å². The molecular formula is C12H18N2O2. The smallest absolute Gasteiger partial charge is 0.253 e. The highest BCUT2D eigenvalue weighted by molar-refractivity contribution is 5.07. The van der Waals surface area contributed by atoms with E-state index < -0.39 is 0 Å². The van der Waals surface area contributed by atoms with Crippen LogP contribution in [0.15, 0.2) is 11.0 Å². The zero-order valence-corrected chi connectivity index (χ0v) is 9.57. The van der Waals surface area contributed by atoms with Crippen molar-refractivity contribution in [1.29, 1.82) is 0 Å². The lowest BCUT2D eigenvalue weighted by atomic mass is 9.79. The standard InChI is InChI=1S/C12H18N2O2/c1-8-6-13-11(14-12(8)16)10-5-3-2-4-9(10)7-15/h6,9-10,15H,2-5,7H2,1H3,(H,13,14,16)/t9-,10+/m0/s1. The van der Waals surface area contributed by atoms with E-state index in [9.17, 15) is 9.90 Å². The van der Waals surface area contributed by atoms with Crippen LogP contribution in [0.3, 0.4) is 0 Å². The van der Waals surface area contributed by atoms with Crippen LogP contribution in [0.4, 0.5) is 0 Å². The Bertz CT molecular complexity index is 414. The SMILES string of the molecule is Cc1cnc([C@@H]2CCCC[C@H]2CO)[nH]c1=O. The number of aromatic amines is 1. The topological polar surface area (TPSA) is 66.0 Å². The molecule has 1 aliphatic carbocycles. The monoisotopic (exact) mass is 222 g/mol. The molecular weight excluding hydrogens is 204 g/mol. The highest BCUT2D eigenvalue weighted by atomic mass is 16.3. The molecule has 1 aliphatic rings. The van der Waals surface area contributed by atoms with Crippen LogP contribution in [0.5, 0.6) is 0 Å². The predicted octanol–water partition coefficient (Wildman–Crippen LogP) is 1.34. The van der Waals surface area contributed by atoms with E-state index in [0.29, 0.717) is 5.56 Å². The molecule has 0 aromatic carbocycles. The van der Waals surface area contributed by atoms with Crippen molar-refractivity contribution in [3.63, 3.8) is 0 Å². The predicted molar refractivity (Wildman–Crippen MR) is 61.4 cm³/mol. The number of aromatic nitrogens is 2. The number of aliphatic hydroxyl groups excluding tert-OH is 1. The van der Waals surface area contributed by atoms with Gasteiger partial charge in [0.05, 0.1) is 0 Å². The van der Waals surface area contributed by atoms with E-state index in [1.807, 2.05) is 0 Å². The van der Waals surface area contributed by atoms with Crippen LogP contribution >= 0.6 is 0 Å². The normalized spacial score (nSPS) is 25.6. The van der Waals surface area contributed by atoms with Gasteiger partial charge in [-0.2, -0.15) is 0 Å². The first kappa shape index (κ1) is 11.3. The Morgan fingerprint density at radius 2 is 2.25 bits per heavy atom. The molecule has 0 spiro atoms. The van der Waals surface area contributed by atoms with Gasteiger partial charge in [-0.15, -0.1) is 0 Å². The van der Waals surface area contributed by atoms with Crippen LogP contribution in [-0.2, 0) is 0 Å². The molecule has 1 fully saturated rings. The Kier molecular flexibility index (Phi) is 3.39. The van der Waals surface area contributed by atoms with Gasteiger partial charge in [0, 0.05) is 24.3 Å². The van der Waals surface area contributed by atoms with Crippen molar-refractivity contribution in [1.82, 2.24) is 9.97 Å². The first-order chi connectivity index (χ1) is 7.72. The molecule has 1 aromatic rings. The summed E-state index contributed by atoms with van der Waals surface area (Å²) in [6.45, 7) is 1.93. The zero-order chi connectivity index (χ0) is 11.5. The third kappa shape index (κ3) is 2.16. The summed E-state index contributed by atoms with van der Waals surface area (Å²) in [5.74, 6) is 1.21. The Hall–Kier alpha value is -1.16. The van der Waals surface area contributed by atoms with Crippen molar-refractivity contribution in [3.8, 4) is 0 Å². The number of aliphatic hydroxyl groups is 1. The number of aryl methyl sites for hydroxylation is 1. The second-order valence-corrected chi connectivity index (χ2v) is 4.61. The third-order valence-electron chi connectivity index (χ3n) is 3.49. The lowest BCUT2D eigenvalue weighted by Crippen LogP contribution is -2.25. The number of nitrogens with zero attached hydrogens (tertiary/aromatic N) is 1. The van der Waals surface area contributed by atoms with Crippen molar-refractivity contribution in [2.24, 2.45) is 5.92 Å². The summed E-state index contributed by atoms with van der Waals surface area (Å²) in [4.78, 5) is 18.6. The largest absolute Gasteiger partial charge is 0.396 e. The molecule has 0 saturated heterocycles. The maximum atomic E-state index is 11.5. The minimum atomic E-state index is -0.0627. The van der Waals surface area contributed by atoms with Gasteiger partial charge >= 0.3 is 0 Å². The van der Waals surface area contributed by atoms with Crippen LogP contribution in [0, 0.1) is 12.8 Å². The first-order valence-electron chi connectivity index (χ1n) is 5.89. The van der Waals surface area contributed by atoms with Crippen LogP contribution in [0.25, 0.3) is 0 Å². The average molecular weight is 222 g/mol. The van der Waals surface area contributed by atoms with E-state index in [-0.39, 0.29) is 24.0 Å². The van der Waals surface area contributed by atoms with Crippen molar-refractivity contribution in [3.05, 3.63) is 27.9 Å². The van der Waals surface area contributed by atoms with Gasteiger partial charge in [0.1, 0.15) is 5.82 Å². The first-order valence-corrected chi connectivity index (χ1v) is 5.89. The molecule has 2 rings (SSSR count). The van der Waals surface area contributed by atoms with Gasteiger partial charge in [-0.25, -0.2) is 4.98 Å². The summed E-state index contributed by atoms with van der Waals surface area (Å²) in [7, 11) is 0. The van der Waals surface area contributed by atoms with Crippen molar-refractivity contribution < 1.29 is 5.11 Å². The van der Waals surface area contributed by atoms with Crippen molar-refractivity contribution >= 4 is 0 Å². The molecule has 2 N–H and O–H groups in total. The van der Waals surface area contributed by atoms with E-state index in [1.54, 1.807) is 13.1 Å². The summed E-state index contributed by atoms with van der Waals surface area (Å²) in [6.07, 6.45) is 5.98. The van der Waals surface area contributed by atoms with Crippen LogP contribution in [0.2, 0.25) is 0 Å². The van der Waals surface area contributed by atoms with Gasteiger partial charge < -0.3 is 10.1 Å². The molecule has 88 valence electrons. The Morgan fingerprint density at radius 1 is 1.50 bits per heavy atom. The van der Waals surface area contributed by atoms with Gasteiger partial charge in [0.25, 0.3) is 5.56 Å². The van der Waals surface area contributed by atoms with E-state index in [4.69, 9.17) is 0 Å². The number of nitrogens with one attached hydrogen (secondary N) is 1. The lowest BCUT2D eigenvalue weighted by molar-refractivity contribution is 0.165. The second-order valence-electron chi connectivity index (χ2n) is 4.61. The van der Waals surface area contributed by atoms with E-state index in [1.165, 1.54) is 0 Å². The molecule has 0 unspecified atom stereocenters. The van der Waals surface area contributed by atoms with Gasteiger partial charge in [0.15, 0.2) is 0 Å². The van der Waals surface area contributed by atoms with E-state index in [2.05, 4.69) is 9.97 Å².